The Balaban J connectivity index is 1.84. The molecule has 0 radical (unpaired) electrons. The monoisotopic (exact) mass is 334 g/mol. The van der Waals surface area contributed by atoms with E-state index in [4.69, 9.17) is 13.9 Å². The fourth-order valence-corrected chi connectivity index (χ4v) is 3.19. The lowest BCUT2D eigenvalue weighted by molar-refractivity contribution is -0.385. The van der Waals surface area contributed by atoms with Gasteiger partial charge in [-0.2, -0.15) is 0 Å². The molecule has 0 saturated heterocycles. The van der Waals surface area contributed by atoms with Crippen molar-refractivity contribution in [2.75, 3.05) is 14.2 Å². The zero-order valence-corrected chi connectivity index (χ0v) is 13.5. The van der Waals surface area contributed by atoms with Gasteiger partial charge in [-0.05, 0) is 25.7 Å². The number of esters is 1. The fraction of sp³-hybridized carbons (Fsp3) is 0.500. The summed E-state index contributed by atoms with van der Waals surface area (Å²) in [5, 5.41) is 11.1. The average molecular weight is 334 g/mol. The lowest BCUT2D eigenvalue weighted by atomic mass is 9.82. The minimum atomic E-state index is -0.512. The number of carbonyl (C=O) groups excluding carboxylic acids is 1. The molecule has 0 unspecified atom stereocenters. The van der Waals surface area contributed by atoms with Gasteiger partial charge in [0, 0.05) is 12.0 Å². The number of oxazole rings is 1. The number of aromatic nitrogens is 1. The molecule has 1 aliphatic carbocycles. The first-order chi connectivity index (χ1) is 11.5. The lowest BCUT2D eigenvalue weighted by Crippen LogP contribution is -2.22. The SMILES string of the molecule is COC(=O)C1CCC(c2nc3cc(OC)c([N+](=O)[O-])cc3o2)CC1. The summed E-state index contributed by atoms with van der Waals surface area (Å²) in [7, 11) is 2.78. The molecule has 0 spiro atoms. The van der Waals surface area contributed by atoms with Crippen molar-refractivity contribution in [2.45, 2.75) is 31.6 Å². The number of rotatable bonds is 4. The van der Waals surface area contributed by atoms with Crippen LogP contribution in [-0.4, -0.2) is 30.1 Å². The van der Waals surface area contributed by atoms with Crippen LogP contribution in [0.2, 0.25) is 0 Å². The van der Waals surface area contributed by atoms with Gasteiger partial charge in [0.15, 0.2) is 17.2 Å². The third-order valence-corrected chi connectivity index (χ3v) is 4.51. The Morgan fingerprint density at radius 2 is 2.00 bits per heavy atom. The predicted molar refractivity (Wildman–Crippen MR) is 83.9 cm³/mol. The summed E-state index contributed by atoms with van der Waals surface area (Å²) in [4.78, 5) is 26.6. The Morgan fingerprint density at radius 3 is 2.58 bits per heavy atom. The van der Waals surface area contributed by atoms with Crippen molar-refractivity contribution in [1.82, 2.24) is 4.98 Å². The van der Waals surface area contributed by atoms with Crippen LogP contribution in [0.15, 0.2) is 16.5 Å². The number of hydrogen-bond donors (Lipinski definition) is 0. The van der Waals surface area contributed by atoms with E-state index in [1.807, 2.05) is 0 Å². The molecule has 1 aromatic heterocycles. The summed E-state index contributed by atoms with van der Waals surface area (Å²) >= 11 is 0. The van der Waals surface area contributed by atoms with Crippen LogP contribution in [0.4, 0.5) is 5.69 Å². The number of hydrogen-bond acceptors (Lipinski definition) is 7. The van der Waals surface area contributed by atoms with Gasteiger partial charge in [0.05, 0.1) is 31.1 Å². The van der Waals surface area contributed by atoms with Crippen molar-refractivity contribution in [1.29, 1.82) is 0 Å². The second kappa shape index (κ2) is 6.46. The van der Waals surface area contributed by atoms with Gasteiger partial charge in [0.2, 0.25) is 0 Å². The number of carbonyl (C=O) groups is 1. The third kappa shape index (κ3) is 2.91. The van der Waals surface area contributed by atoms with Crippen molar-refractivity contribution in [3.63, 3.8) is 0 Å². The average Bonchev–Trinajstić information content (AvgIpc) is 3.02. The second-order valence-corrected chi connectivity index (χ2v) is 5.87. The molecule has 2 aromatic rings. The summed E-state index contributed by atoms with van der Waals surface area (Å²) in [5.41, 5.74) is 0.747. The van der Waals surface area contributed by atoms with Gasteiger partial charge in [-0.3, -0.25) is 14.9 Å². The highest BCUT2D eigenvalue weighted by atomic mass is 16.6. The van der Waals surface area contributed by atoms with E-state index in [2.05, 4.69) is 4.98 Å². The first-order valence-electron chi connectivity index (χ1n) is 7.74. The highest BCUT2D eigenvalue weighted by Gasteiger charge is 2.30. The highest BCUT2D eigenvalue weighted by molar-refractivity contribution is 5.79. The van der Waals surface area contributed by atoms with E-state index in [0.29, 0.717) is 17.0 Å². The first-order valence-corrected chi connectivity index (χ1v) is 7.74. The van der Waals surface area contributed by atoms with Crippen LogP contribution >= 0.6 is 0 Å². The van der Waals surface area contributed by atoms with E-state index in [9.17, 15) is 14.9 Å². The lowest BCUT2D eigenvalue weighted by Gasteiger charge is -2.24. The molecular formula is C16H18N2O6. The van der Waals surface area contributed by atoms with Gasteiger partial charge in [-0.25, -0.2) is 4.98 Å². The number of methoxy groups -OCH3 is 2. The molecule has 1 saturated carbocycles. The normalized spacial score (nSPS) is 20.8. The van der Waals surface area contributed by atoms with Crippen molar-refractivity contribution < 1.29 is 23.6 Å². The van der Waals surface area contributed by atoms with E-state index in [1.165, 1.54) is 26.4 Å². The van der Waals surface area contributed by atoms with Crippen LogP contribution in [0.25, 0.3) is 11.1 Å². The maximum Gasteiger partial charge on any atom is 0.314 e. The van der Waals surface area contributed by atoms with Gasteiger partial charge in [0.1, 0.15) is 5.52 Å². The van der Waals surface area contributed by atoms with E-state index >= 15 is 0 Å². The van der Waals surface area contributed by atoms with Crippen molar-refractivity contribution in [3.05, 3.63) is 28.1 Å². The van der Waals surface area contributed by atoms with E-state index in [0.717, 1.165) is 25.7 Å². The third-order valence-electron chi connectivity index (χ3n) is 4.51. The number of fused-ring (bicyclic) bond motifs is 1. The summed E-state index contributed by atoms with van der Waals surface area (Å²) in [5.74, 6) is 0.559. The molecular weight excluding hydrogens is 316 g/mol. The standard InChI is InChI=1S/C16H18N2O6/c1-22-14-7-11-13(8-12(14)18(20)21)24-15(17-11)9-3-5-10(6-4-9)16(19)23-2/h7-10H,3-6H2,1-2H3. The molecule has 1 fully saturated rings. The Labute approximate surface area is 137 Å². The van der Waals surface area contributed by atoms with Crippen LogP contribution < -0.4 is 4.74 Å². The van der Waals surface area contributed by atoms with Gasteiger partial charge >= 0.3 is 11.7 Å². The van der Waals surface area contributed by atoms with Crippen molar-refractivity contribution in [3.8, 4) is 5.75 Å². The predicted octanol–water partition coefficient (Wildman–Crippen LogP) is 3.19. The van der Waals surface area contributed by atoms with Crippen LogP contribution in [0.3, 0.4) is 0 Å². The van der Waals surface area contributed by atoms with E-state index < -0.39 is 4.92 Å². The Bertz CT molecular complexity index is 776. The zero-order chi connectivity index (χ0) is 17.3. The molecule has 8 heteroatoms. The number of nitrogens with zero attached hydrogens (tertiary/aromatic N) is 2. The van der Waals surface area contributed by atoms with Crippen molar-refractivity contribution in [2.24, 2.45) is 5.92 Å². The molecule has 0 amide bonds. The molecule has 128 valence electrons. The molecule has 1 aliphatic rings. The second-order valence-electron chi connectivity index (χ2n) is 5.87. The fourth-order valence-electron chi connectivity index (χ4n) is 3.19. The van der Waals surface area contributed by atoms with Crippen LogP contribution in [-0.2, 0) is 9.53 Å². The van der Waals surface area contributed by atoms with Crippen LogP contribution in [0, 0.1) is 16.0 Å². The Hall–Kier alpha value is -2.64. The minimum Gasteiger partial charge on any atom is -0.490 e. The largest absolute Gasteiger partial charge is 0.490 e. The van der Waals surface area contributed by atoms with Crippen LogP contribution in [0.1, 0.15) is 37.5 Å². The van der Waals surface area contributed by atoms with E-state index in [1.54, 1.807) is 0 Å². The zero-order valence-electron chi connectivity index (χ0n) is 13.5. The van der Waals surface area contributed by atoms with Gasteiger partial charge < -0.3 is 13.9 Å². The van der Waals surface area contributed by atoms with Gasteiger partial charge in [0.25, 0.3) is 0 Å². The summed E-state index contributed by atoms with van der Waals surface area (Å²) < 4.78 is 15.6. The smallest absolute Gasteiger partial charge is 0.314 e. The van der Waals surface area contributed by atoms with E-state index in [-0.39, 0.29) is 29.2 Å². The molecule has 8 nitrogen and oxygen atoms in total. The highest BCUT2D eigenvalue weighted by Crippen LogP contribution is 2.38. The molecule has 1 aromatic carbocycles. The number of nitro groups is 1. The summed E-state index contributed by atoms with van der Waals surface area (Å²) in [6.45, 7) is 0. The molecule has 0 atom stereocenters. The maximum absolute atomic E-state index is 11.6. The molecule has 0 N–H and O–H groups in total. The summed E-state index contributed by atoms with van der Waals surface area (Å²) in [6.07, 6.45) is 2.98. The Morgan fingerprint density at radius 1 is 1.29 bits per heavy atom. The number of benzene rings is 1. The number of ether oxygens (including phenoxy) is 2. The summed E-state index contributed by atoms with van der Waals surface area (Å²) in [6, 6.07) is 2.85. The van der Waals surface area contributed by atoms with Gasteiger partial charge in [-0.1, -0.05) is 0 Å². The molecule has 0 aliphatic heterocycles. The quantitative estimate of drug-likeness (QED) is 0.480. The minimum absolute atomic E-state index is 0.0724. The van der Waals surface area contributed by atoms with Crippen LogP contribution in [0.5, 0.6) is 5.75 Å². The molecule has 24 heavy (non-hydrogen) atoms. The topological polar surface area (TPSA) is 105 Å². The van der Waals surface area contributed by atoms with Gasteiger partial charge in [-0.15, -0.1) is 0 Å². The first kappa shape index (κ1) is 16.2. The van der Waals surface area contributed by atoms with Crippen molar-refractivity contribution >= 4 is 22.8 Å². The number of nitro benzene ring substituents is 1. The molecule has 0 bridgehead atoms. The molecule has 3 rings (SSSR count). The maximum atomic E-state index is 11.6. The Kier molecular flexibility index (Phi) is 4.37. The molecule has 1 heterocycles.